The number of benzene rings is 2. The van der Waals surface area contributed by atoms with Crippen LogP contribution in [-0.2, 0) is 11.3 Å². The van der Waals surface area contributed by atoms with Crippen LogP contribution in [0.25, 0.3) is 21.7 Å². The SMILES string of the molecule is O=C(O)c1ccc2c(c1)nc(OCCOCCCCNCc1ccc(OC(F)(F)F)c(Cl)c1)c1ccncc12. The number of aromatic carboxylic acids is 1. The molecule has 0 saturated carbocycles. The van der Waals surface area contributed by atoms with E-state index >= 15 is 0 Å². The van der Waals surface area contributed by atoms with E-state index in [1.807, 2.05) is 0 Å². The molecule has 0 radical (unpaired) electrons. The van der Waals surface area contributed by atoms with Gasteiger partial charge in [0.2, 0.25) is 5.88 Å². The third kappa shape index (κ3) is 7.92. The smallest absolute Gasteiger partial charge is 0.478 e. The number of fused-ring (bicyclic) bond motifs is 3. The summed E-state index contributed by atoms with van der Waals surface area (Å²) in [6.07, 6.45) is 0.186. The number of halogens is 4. The molecule has 0 bridgehead atoms. The van der Waals surface area contributed by atoms with Gasteiger partial charge < -0.3 is 24.6 Å². The number of pyridine rings is 2. The normalized spacial score (nSPS) is 11.7. The van der Waals surface area contributed by atoms with Gasteiger partial charge in [-0.05, 0) is 55.3 Å². The summed E-state index contributed by atoms with van der Waals surface area (Å²) in [4.78, 5) is 20.0. The molecule has 2 heterocycles. The molecule has 0 spiro atoms. The minimum absolute atomic E-state index is 0.101. The van der Waals surface area contributed by atoms with E-state index in [0.717, 1.165) is 34.6 Å². The molecule has 2 aromatic carbocycles. The minimum atomic E-state index is -4.79. The molecule has 2 aromatic heterocycles. The Morgan fingerprint density at radius 1 is 1.00 bits per heavy atom. The van der Waals surface area contributed by atoms with Gasteiger partial charge in [-0.2, -0.15) is 0 Å². The zero-order valence-electron chi connectivity index (χ0n) is 20.6. The fraction of sp³-hybridized carbons (Fsp3) is 0.296. The van der Waals surface area contributed by atoms with E-state index in [4.69, 9.17) is 21.1 Å². The number of ether oxygens (including phenoxy) is 3. The Morgan fingerprint density at radius 3 is 2.62 bits per heavy atom. The maximum Gasteiger partial charge on any atom is 0.573 e. The van der Waals surface area contributed by atoms with Gasteiger partial charge in [0.05, 0.1) is 22.7 Å². The monoisotopic (exact) mass is 563 g/mol. The lowest BCUT2D eigenvalue weighted by atomic mass is 10.1. The Balaban J connectivity index is 1.17. The predicted molar refractivity (Wildman–Crippen MR) is 139 cm³/mol. The summed E-state index contributed by atoms with van der Waals surface area (Å²) in [6.45, 7) is 2.29. The van der Waals surface area contributed by atoms with Crippen LogP contribution in [0.4, 0.5) is 13.2 Å². The van der Waals surface area contributed by atoms with E-state index in [2.05, 4.69) is 20.0 Å². The summed E-state index contributed by atoms with van der Waals surface area (Å²) in [6, 6.07) is 10.7. The number of carbonyl (C=O) groups is 1. The van der Waals surface area contributed by atoms with Crippen LogP contribution in [0.3, 0.4) is 0 Å². The molecule has 39 heavy (non-hydrogen) atoms. The molecule has 8 nitrogen and oxygen atoms in total. The van der Waals surface area contributed by atoms with Crippen molar-refractivity contribution in [2.45, 2.75) is 25.7 Å². The lowest BCUT2D eigenvalue weighted by Gasteiger charge is -2.12. The van der Waals surface area contributed by atoms with Crippen LogP contribution in [0.15, 0.2) is 54.9 Å². The van der Waals surface area contributed by atoms with Gasteiger partial charge in [0, 0.05) is 41.7 Å². The average molecular weight is 564 g/mol. The molecule has 12 heteroatoms. The Kier molecular flexibility index (Phi) is 9.39. The van der Waals surface area contributed by atoms with Crippen molar-refractivity contribution in [2.75, 3.05) is 26.4 Å². The fourth-order valence-electron chi connectivity index (χ4n) is 3.91. The van der Waals surface area contributed by atoms with Crippen LogP contribution < -0.4 is 14.8 Å². The number of rotatable bonds is 13. The van der Waals surface area contributed by atoms with Crippen LogP contribution in [0.5, 0.6) is 11.6 Å². The van der Waals surface area contributed by atoms with Crippen LogP contribution in [0.1, 0.15) is 28.8 Å². The maximum absolute atomic E-state index is 12.3. The van der Waals surface area contributed by atoms with Crippen molar-refractivity contribution in [1.29, 1.82) is 0 Å². The number of carboxylic acids is 1. The third-order valence-electron chi connectivity index (χ3n) is 5.72. The third-order valence-corrected chi connectivity index (χ3v) is 6.01. The molecule has 0 aliphatic rings. The first-order valence-electron chi connectivity index (χ1n) is 12.1. The van der Waals surface area contributed by atoms with Crippen LogP contribution in [0.2, 0.25) is 5.02 Å². The summed E-state index contributed by atoms with van der Waals surface area (Å²) >= 11 is 5.86. The number of hydrogen-bond acceptors (Lipinski definition) is 7. The Labute approximate surface area is 226 Å². The highest BCUT2D eigenvalue weighted by Crippen LogP contribution is 2.31. The van der Waals surface area contributed by atoms with Crippen molar-refractivity contribution in [2.24, 2.45) is 0 Å². The molecule has 0 saturated heterocycles. The number of nitrogens with zero attached hydrogens (tertiary/aromatic N) is 2. The van der Waals surface area contributed by atoms with Gasteiger partial charge in [-0.1, -0.05) is 23.7 Å². The van der Waals surface area contributed by atoms with Crippen molar-refractivity contribution in [3.05, 3.63) is 71.0 Å². The van der Waals surface area contributed by atoms with Gasteiger partial charge in [0.25, 0.3) is 0 Å². The van der Waals surface area contributed by atoms with Crippen LogP contribution in [-0.4, -0.2) is 53.8 Å². The first-order chi connectivity index (χ1) is 18.7. The lowest BCUT2D eigenvalue weighted by Crippen LogP contribution is -2.18. The molecule has 4 aromatic rings. The standard InChI is InChI=1S/C27H25ClF3N3O5/c28-22-13-17(3-6-24(22)39-27(29,30)31)15-32-8-1-2-10-37-11-12-38-25-20-7-9-33-16-21(20)19-5-4-18(26(35)36)14-23(19)34-25/h3-7,9,13-14,16,32H,1-2,8,10-12,15H2,(H,35,36). The molecule has 0 aliphatic carbocycles. The maximum atomic E-state index is 12.3. The van der Waals surface area contributed by atoms with E-state index in [1.54, 1.807) is 24.5 Å². The molecule has 206 valence electrons. The Morgan fingerprint density at radius 2 is 1.85 bits per heavy atom. The molecule has 2 N–H and O–H groups in total. The number of carboxylic acid groups (broad SMARTS) is 1. The molecule has 0 atom stereocenters. The molecule has 4 rings (SSSR count). The number of unbranched alkanes of at least 4 members (excludes halogenated alkanes) is 1. The van der Waals surface area contributed by atoms with E-state index in [-0.39, 0.29) is 17.2 Å². The lowest BCUT2D eigenvalue weighted by molar-refractivity contribution is -0.274. The van der Waals surface area contributed by atoms with Crippen LogP contribution >= 0.6 is 11.6 Å². The second kappa shape index (κ2) is 12.9. The second-order valence-corrected chi connectivity index (χ2v) is 8.94. The van der Waals surface area contributed by atoms with Gasteiger partial charge >= 0.3 is 12.3 Å². The van der Waals surface area contributed by atoms with E-state index in [9.17, 15) is 23.1 Å². The highest BCUT2D eigenvalue weighted by Gasteiger charge is 2.32. The molecule has 0 fully saturated rings. The summed E-state index contributed by atoms with van der Waals surface area (Å²) in [5.74, 6) is -1.08. The van der Waals surface area contributed by atoms with Crippen molar-refractivity contribution in [3.63, 3.8) is 0 Å². The van der Waals surface area contributed by atoms with Gasteiger partial charge in [-0.25, -0.2) is 9.78 Å². The first-order valence-corrected chi connectivity index (χ1v) is 12.5. The van der Waals surface area contributed by atoms with E-state index in [0.29, 0.717) is 37.7 Å². The molecule has 0 aliphatic heterocycles. The second-order valence-electron chi connectivity index (χ2n) is 8.53. The summed E-state index contributed by atoms with van der Waals surface area (Å²) in [5, 5.41) is 14.8. The molecular formula is C27H25ClF3N3O5. The van der Waals surface area contributed by atoms with Gasteiger partial charge in [0.15, 0.2) is 0 Å². The quantitative estimate of drug-likeness (QED) is 0.151. The zero-order chi connectivity index (χ0) is 27.8. The van der Waals surface area contributed by atoms with Crippen molar-refractivity contribution in [3.8, 4) is 11.6 Å². The van der Waals surface area contributed by atoms with E-state index in [1.165, 1.54) is 30.3 Å². The largest absolute Gasteiger partial charge is 0.573 e. The number of nitrogens with one attached hydrogen (secondary N) is 1. The Hall–Kier alpha value is -3.67. The summed E-state index contributed by atoms with van der Waals surface area (Å²) < 4.78 is 52.4. The van der Waals surface area contributed by atoms with Crippen molar-refractivity contribution >= 4 is 39.2 Å². The predicted octanol–water partition coefficient (Wildman–Crippen LogP) is 6.00. The number of hydrogen-bond donors (Lipinski definition) is 2. The van der Waals surface area contributed by atoms with Gasteiger partial charge in [-0.15, -0.1) is 13.2 Å². The number of alkyl halides is 3. The topological polar surface area (TPSA) is 103 Å². The number of aromatic nitrogens is 2. The Bertz CT molecular complexity index is 1450. The molecular weight excluding hydrogens is 539 g/mol. The highest BCUT2D eigenvalue weighted by molar-refractivity contribution is 6.32. The van der Waals surface area contributed by atoms with Crippen molar-refractivity contribution < 1.29 is 37.3 Å². The summed E-state index contributed by atoms with van der Waals surface area (Å²) in [7, 11) is 0. The van der Waals surface area contributed by atoms with Gasteiger partial charge in [-0.3, -0.25) is 4.98 Å². The fourth-order valence-corrected chi connectivity index (χ4v) is 4.15. The van der Waals surface area contributed by atoms with E-state index < -0.39 is 18.1 Å². The highest BCUT2D eigenvalue weighted by atomic mass is 35.5. The van der Waals surface area contributed by atoms with Crippen LogP contribution in [0, 0.1) is 0 Å². The zero-order valence-corrected chi connectivity index (χ0v) is 21.4. The average Bonchev–Trinajstić information content (AvgIpc) is 2.90. The molecule has 0 unspecified atom stereocenters. The summed E-state index contributed by atoms with van der Waals surface area (Å²) in [5.41, 5.74) is 1.39. The van der Waals surface area contributed by atoms with Crippen molar-refractivity contribution in [1.82, 2.24) is 15.3 Å². The first kappa shape index (κ1) is 28.3. The minimum Gasteiger partial charge on any atom is -0.478 e. The molecule has 0 amide bonds. The van der Waals surface area contributed by atoms with Gasteiger partial charge in [0.1, 0.15) is 12.4 Å².